The largest absolute Gasteiger partial charge is 0.480 e. The molecule has 27 heavy (non-hydrogen) atoms. The molecule has 0 bridgehead atoms. The minimum absolute atomic E-state index is 0.191. The molecule has 0 aromatic heterocycles. The van der Waals surface area contributed by atoms with Crippen molar-refractivity contribution in [1.82, 2.24) is 0 Å². The van der Waals surface area contributed by atoms with E-state index in [0.29, 0.717) is 18.5 Å². The number of nitrogens with two attached hydrogens (primary N) is 1. The zero-order valence-electron chi connectivity index (χ0n) is 15.1. The maximum absolute atomic E-state index is 11.5. The van der Waals surface area contributed by atoms with Crippen molar-refractivity contribution in [2.45, 2.75) is 25.8 Å². The summed E-state index contributed by atoms with van der Waals surface area (Å²) in [4.78, 5) is 33.8. The Hall–Kier alpha value is -3.19. The summed E-state index contributed by atoms with van der Waals surface area (Å²) < 4.78 is 0. The standard InChI is InChI=1S/C11H13NO3.C9H11NO2/c1-2-10(13)12(8-11(14)15)9-6-4-3-5-7-9;10-8(9(11)12)6-7-4-2-1-3-5-7/h3-7H,2,8H2,1H3,(H,14,15);1-5,8H,6,10H2,(H,11,12). The molecule has 4 N–H and O–H groups in total. The number of hydrogen-bond donors (Lipinski definition) is 3. The Morgan fingerprint density at radius 3 is 1.93 bits per heavy atom. The highest BCUT2D eigenvalue weighted by molar-refractivity contribution is 5.97. The highest BCUT2D eigenvalue weighted by atomic mass is 16.4. The van der Waals surface area contributed by atoms with Crippen molar-refractivity contribution in [1.29, 1.82) is 0 Å². The fourth-order valence-corrected chi connectivity index (χ4v) is 2.21. The quantitative estimate of drug-likeness (QED) is 0.685. The van der Waals surface area contributed by atoms with Crippen LogP contribution in [0.5, 0.6) is 0 Å². The Morgan fingerprint density at radius 1 is 0.963 bits per heavy atom. The van der Waals surface area contributed by atoms with Gasteiger partial charge in [0, 0.05) is 12.1 Å². The number of benzene rings is 2. The number of aliphatic carboxylic acids is 2. The van der Waals surface area contributed by atoms with Gasteiger partial charge in [-0.15, -0.1) is 0 Å². The van der Waals surface area contributed by atoms with E-state index in [0.717, 1.165) is 5.56 Å². The van der Waals surface area contributed by atoms with Gasteiger partial charge >= 0.3 is 11.9 Å². The summed E-state index contributed by atoms with van der Waals surface area (Å²) in [5, 5.41) is 17.2. The van der Waals surface area contributed by atoms with E-state index in [2.05, 4.69) is 0 Å². The van der Waals surface area contributed by atoms with Crippen LogP contribution in [-0.2, 0) is 20.8 Å². The molecule has 1 amide bonds. The molecule has 0 heterocycles. The SMILES string of the molecule is CCC(=O)N(CC(=O)O)c1ccccc1.NC(Cc1ccccc1)C(=O)O. The van der Waals surface area contributed by atoms with Crippen molar-refractivity contribution in [3.05, 3.63) is 66.2 Å². The monoisotopic (exact) mass is 372 g/mol. The van der Waals surface area contributed by atoms with Crippen molar-refractivity contribution in [2.24, 2.45) is 5.73 Å². The zero-order valence-corrected chi connectivity index (χ0v) is 15.1. The lowest BCUT2D eigenvalue weighted by Gasteiger charge is -2.19. The number of carbonyl (C=O) groups excluding carboxylic acids is 1. The van der Waals surface area contributed by atoms with Gasteiger partial charge in [0.1, 0.15) is 12.6 Å². The van der Waals surface area contributed by atoms with Crippen molar-refractivity contribution >= 4 is 23.5 Å². The lowest BCUT2D eigenvalue weighted by atomic mass is 10.1. The van der Waals surface area contributed by atoms with Gasteiger partial charge in [-0.25, -0.2) is 0 Å². The minimum Gasteiger partial charge on any atom is -0.480 e. The molecule has 0 fully saturated rings. The van der Waals surface area contributed by atoms with Crippen LogP contribution in [0.3, 0.4) is 0 Å². The van der Waals surface area contributed by atoms with E-state index in [1.807, 2.05) is 36.4 Å². The predicted octanol–water partition coefficient (Wildman–Crippen LogP) is 2.16. The third-order valence-corrected chi connectivity index (χ3v) is 3.58. The number of amides is 1. The van der Waals surface area contributed by atoms with Gasteiger partial charge in [0.15, 0.2) is 0 Å². The molecule has 144 valence electrons. The van der Waals surface area contributed by atoms with Crippen LogP contribution in [0, 0.1) is 0 Å². The first-order valence-corrected chi connectivity index (χ1v) is 8.44. The molecule has 0 saturated heterocycles. The first-order valence-electron chi connectivity index (χ1n) is 8.44. The number of anilines is 1. The molecule has 0 spiro atoms. The molecular weight excluding hydrogens is 348 g/mol. The highest BCUT2D eigenvalue weighted by Gasteiger charge is 2.16. The van der Waals surface area contributed by atoms with E-state index in [1.54, 1.807) is 31.2 Å². The van der Waals surface area contributed by atoms with Crippen LogP contribution >= 0.6 is 0 Å². The minimum atomic E-state index is -1.01. The summed E-state index contributed by atoms with van der Waals surface area (Å²) in [6.07, 6.45) is 0.679. The molecule has 7 heteroatoms. The Labute approximate surface area is 158 Å². The fraction of sp³-hybridized carbons (Fsp3) is 0.250. The lowest BCUT2D eigenvalue weighted by molar-refractivity contribution is -0.138. The molecule has 2 rings (SSSR count). The first-order chi connectivity index (χ1) is 12.8. The predicted molar refractivity (Wildman–Crippen MR) is 102 cm³/mol. The molecule has 0 aliphatic heterocycles. The third kappa shape index (κ3) is 8.15. The molecule has 7 nitrogen and oxygen atoms in total. The molecule has 2 aromatic rings. The number of carboxylic acids is 2. The van der Waals surface area contributed by atoms with Gasteiger partial charge in [0.05, 0.1) is 0 Å². The van der Waals surface area contributed by atoms with E-state index in [-0.39, 0.29) is 12.5 Å². The summed E-state index contributed by atoms with van der Waals surface area (Å²) in [5.41, 5.74) is 6.92. The van der Waals surface area contributed by atoms with Gasteiger partial charge < -0.3 is 20.8 Å². The Bertz CT molecular complexity index is 735. The molecule has 0 saturated carbocycles. The van der Waals surface area contributed by atoms with Crippen molar-refractivity contribution in [2.75, 3.05) is 11.4 Å². The van der Waals surface area contributed by atoms with Gasteiger partial charge in [-0.2, -0.15) is 0 Å². The van der Waals surface area contributed by atoms with Crippen LogP contribution in [-0.4, -0.2) is 40.6 Å². The number of hydrogen-bond acceptors (Lipinski definition) is 4. The summed E-state index contributed by atoms with van der Waals surface area (Å²) in [5.74, 6) is -2.16. The highest BCUT2D eigenvalue weighted by Crippen LogP contribution is 2.13. The summed E-state index contributed by atoms with van der Waals surface area (Å²) in [6, 6.07) is 17.3. The first kappa shape index (κ1) is 21.9. The smallest absolute Gasteiger partial charge is 0.323 e. The molecule has 0 radical (unpaired) electrons. The molecule has 1 atom stereocenters. The zero-order chi connectivity index (χ0) is 20.2. The van der Waals surface area contributed by atoms with E-state index in [9.17, 15) is 14.4 Å². The Balaban J connectivity index is 0.000000277. The lowest BCUT2D eigenvalue weighted by Crippen LogP contribution is -2.35. The average molecular weight is 372 g/mol. The number of nitrogens with zero attached hydrogens (tertiary/aromatic N) is 1. The van der Waals surface area contributed by atoms with Crippen molar-refractivity contribution in [3.63, 3.8) is 0 Å². The Kier molecular flexibility index (Phi) is 9.25. The molecular formula is C20H24N2O5. The van der Waals surface area contributed by atoms with E-state index >= 15 is 0 Å². The Morgan fingerprint density at radius 2 is 1.48 bits per heavy atom. The number of carboxylic acid groups (broad SMARTS) is 2. The van der Waals surface area contributed by atoms with Gasteiger partial charge in [0.25, 0.3) is 0 Å². The van der Waals surface area contributed by atoms with E-state index < -0.39 is 18.0 Å². The molecule has 0 aliphatic carbocycles. The number of rotatable bonds is 7. The van der Waals surface area contributed by atoms with Crippen LogP contribution in [0.15, 0.2) is 60.7 Å². The maximum atomic E-state index is 11.5. The second-order valence-electron chi connectivity index (χ2n) is 5.70. The van der Waals surface area contributed by atoms with Crippen LogP contribution in [0.4, 0.5) is 5.69 Å². The van der Waals surface area contributed by atoms with Gasteiger partial charge in [0.2, 0.25) is 5.91 Å². The third-order valence-electron chi connectivity index (χ3n) is 3.58. The van der Waals surface area contributed by atoms with Crippen molar-refractivity contribution in [3.8, 4) is 0 Å². The van der Waals surface area contributed by atoms with E-state index in [4.69, 9.17) is 15.9 Å². The van der Waals surface area contributed by atoms with Crippen molar-refractivity contribution < 1.29 is 24.6 Å². The van der Waals surface area contributed by atoms with E-state index in [1.165, 1.54) is 4.90 Å². The summed E-state index contributed by atoms with van der Waals surface area (Å²) in [6.45, 7) is 1.41. The average Bonchev–Trinajstić information content (AvgIpc) is 2.67. The molecule has 0 aliphatic rings. The summed E-state index contributed by atoms with van der Waals surface area (Å²) in [7, 11) is 0. The van der Waals surface area contributed by atoms with Crippen LogP contribution in [0.1, 0.15) is 18.9 Å². The van der Waals surface area contributed by atoms with Crippen LogP contribution < -0.4 is 10.6 Å². The van der Waals surface area contributed by atoms with Crippen LogP contribution in [0.25, 0.3) is 0 Å². The summed E-state index contributed by atoms with van der Waals surface area (Å²) >= 11 is 0. The second-order valence-corrected chi connectivity index (χ2v) is 5.70. The van der Waals surface area contributed by atoms with Gasteiger partial charge in [-0.1, -0.05) is 55.5 Å². The fourth-order valence-electron chi connectivity index (χ4n) is 2.21. The topological polar surface area (TPSA) is 121 Å². The van der Waals surface area contributed by atoms with Gasteiger partial charge in [-0.05, 0) is 24.1 Å². The number of para-hydroxylation sites is 1. The number of carbonyl (C=O) groups is 3. The normalized spacial score (nSPS) is 10.9. The van der Waals surface area contributed by atoms with Crippen LogP contribution in [0.2, 0.25) is 0 Å². The van der Waals surface area contributed by atoms with Gasteiger partial charge in [-0.3, -0.25) is 14.4 Å². The maximum Gasteiger partial charge on any atom is 0.323 e. The molecule has 1 unspecified atom stereocenters. The molecule has 2 aromatic carbocycles. The second kappa shape index (κ2) is 11.4.